The zero-order valence-electron chi connectivity index (χ0n) is 28.9. The molecule has 11 atom stereocenters. The molecule has 0 aromatic heterocycles. The Bertz CT molecular complexity index is 1210. The minimum absolute atomic E-state index is 0.0352. The quantitative estimate of drug-likeness (QED) is 0.191. The number of hydrogen-bond acceptors (Lipinski definition) is 5. The van der Waals surface area contributed by atoms with E-state index in [4.69, 9.17) is 14.5 Å². The third-order valence-electron chi connectivity index (χ3n) is 15.8. The Morgan fingerprint density at radius 3 is 2.25 bits per heavy atom. The van der Waals surface area contributed by atoms with Crippen molar-refractivity contribution >= 4 is 18.6 Å². The summed E-state index contributed by atoms with van der Waals surface area (Å²) in [6.45, 7) is 26.3. The topological polar surface area (TPSA) is 77.0 Å². The molecule has 0 spiro atoms. The Kier molecular flexibility index (Phi) is 7.82. The summed E-state index contributed by atoms with van der Waals surface area (Å²) in [4.78, 5) is 31.6. The standard InChI is InChI=1S/C38H60N2O4/c1-24(2)27-14-17-37(32(42)40-23-26-11-10-22-43-26)20-18-34(6)28(31(27)37)12-13-29-35(34,7)19-21-38(39-9)33(4,5)30(44-25(3)41)15-16-36(29,38)8/h26-31H,1,9-23H2,2-8H3,(H,40,42)/t26?,27-,28+,29-,30-,31+,34+,35+,36+,37-,38+/m0/s1. The second kappa shape index (κ2) is 10.7. The lowest BCUT2D eigenvalue weighted by Gasteiger charge is -2.75. The van der Waals surface area contributed by atoms with Gasteiger partial charge in [-0.05, 0) is 131 Å². The van der Waals surface area contributed by atoms with Gasteiger partial charge < -0.3 is 14.8 Å². The highest BCUT2D eigenvalue weighted by Crippen LogP contribution is 2.78. The minimum atomic E-state index is -0.347. The van der Waals surface area contributed by atoms with Crippen LogP contribution >= 0.6 is 0 Å². The number of nitrogens with one attached hydrogen (secondary N) is 1. The molecule has 1 unspecified atom stereocenters. The third kappa shape index (κ3) is 4.10. The molecule has 6 fully saturated rings. The normalized spacial score (nSPS) is 49.1. The molecule has 44 heavy (non-hydrogen) atoms. The number of amides is 1. The molecule has 6 heteroatoms. The number of fused-ring (bicyclic) bond motifs is 7. The van der Waals surface area contributed by atoms with E-state index in [0.29, 0.717) is 30.2 Å². The smallest absolute Gasteiger partial charge is 0.302 e. The van der Waals surface area contributed by atoms with E-state index in [1.807, 2.05) is 0 Å². The molecule has 6 rings (SSSR count). The van der Waals surface area contributed by atoms with Crippen molar-refractivity contribution in [2.24, 2.45) is 55.7 Å². The van der Waals surface area contributed by atoms with Crippen molar-refractivity contribution in [2.75, 3.05) is 13.2 Å². The van der Waals surface area contributed by atoms with Gasteiger partial charge in [0.25, 0.3) is 0 Å². The molecule has 1 heterocycles. The van der Waals surface area contributed by atoms with Gasteiger partial charge in [0.2, 0.25) is 5.91 Å². The lowest BCUT2D eigenvalue weighted by atomic mass is 9.30. The fourth-order valence-corrected chi connectivity index (χ4v) is 13.4. The summed E-state index contributed by atoms with van der Waals surface area (Å²) in [5.41, 5.74) is 0.537. The van der Waals surface area contributed by atoms with Crippen LogP contribution in [0, 0.1) is 50.7 Å². The monoisotopic (exact) mass is 608 g/mol. The van der Waals surface area contributed by atoms with Crippen LogP contribution in [0.3, 0.4) is 0 Å². The lowest BCUT2D eigenvalue weighted by Crippen LogP contribution is -2.73. The zero-order valence-corrected chi connectivity index (χ0v) is 28.9. The molecule has 1 aliphatic heterocycles. The number of carbonyl (C=O) groups excluding carboxylic acids is 2. The fraction of sp³-hybridized carbons (Fsp3) is 0.868. The van der Waals surface area contributed by atoms with Crippen LogP contribution in [0.2, 0.25) is 0 Å². The first-order valence-corrected chi connectivity index (χ1v) is 17.8. The maximum atomic E-state index is 14.3. The van der Waals surface area contributed by atoms with E-state index in [1.54, 1.807) is 0 Å². The van der Waals surface area contributed by atoms with E-state index in [1.165, 1.54) is 12.5 Å². The predicted octanol–water partition coefficient (Wildman–Crippen LogP) is 7.69. The molecule has 1 amide bonds. The summed E-state index contributed by atoms with van der Waals surface area (Å²) in [7, 11) is 0. The van der Waals surface area contributed by atoms with Crippen LogP contribution in [-0.4, -0.2) is 49.5 Å². The maximum absolute atomic E-state index is 14.3. The minimum Gasteiger partial charge on any atom is -0.462 e. The molecule has 1 N–H and O–H groups in total. The molecule has 246 valence electrons. The van der Waals surface area contributed by atoms with Gasteiger partial charge in [-0.15, -0.1) is 0 Å². The molecule has 6 nitrogen and oxygen atoms in total. The predicted molar refractivity (Wildman–Crippen MR) is 175 cm³/mol. The van der Waals surface area contributed by atoms with E-state index >= 15 is 0 Å². The summed E-state index contributed by atoms with van der Waals surface area (Å²) in [5, 5.41) is 3.42. The van der Waals surface area contributed by atoms with Crippen molar-refractivity contribution in [3.8, 4) is 0 Å². The van der Waals surface area contributed by atoms with E-state index < -0.39 is 0 Å². The number of nitrogens with zero attached hydrogens (tertiary/aromatic N) is 1. The number of carbonyl (C=O) groups is 2. The summed E-state index contributed by atoms with van der Waals surface area (Å²) in [6, 6.07) is 0. The van der Waals surface area contributed by atoms with Crippen LogP contribution in [0.15, 0.2) is 17.1 Å². The lowest BCUT2D eigenvalue weighted by molar-refractivity contribution is -0.255. The van der Waals surface area contributed by atoms with Crippen molar-refractivity contribution < 1.29 is 19.1 Å². The molecular formula is C38H60N2O4. The molecule has 5 aliphatic carbocycles. The summed E-state index contributed by atoms with van der Waals surface area (Å²) >= 11 is 0. The number of ether oxygens (including phenoxy) is 2. The van der Waals surface area contributed by atoms with Crippen LogP contribution in [0.4, 0.5) is 0 Å². The summed E-state index contributed by atoms with van der Waals surface area (Å²) in [5.74, 6) is 1.82. The van der Waals surface area contributed by atoms with Crippen molar-refractivity contribution in [1.29, 1.82) is 0 Å². The molecular weight excluding hydrogens is 548 g/mol. The van der Waals surface area contributed by atoms with Crippen LogP contribution in [-0.2, 0) is 19.1 Å². The Balaban J connectivity index is 1.35. The first-order valence-electron chi connectivity index (χ1n) is 17.8. The summed E-state index contributed by atoms with van der Waals surface area (Å²) in [6.07, 6.45) is 12.5. The van der Waals surface area contributed by atoms with Gasteiger partial charge in [-0.25, -0.2) is 0 Å². The molecule has 0 aromatic carbocycles. The van der Waals surface area contributed by atoms with Gasteiger partial charge >= 0.3 is 5.97 Å². The van der Waals surface area contributed by atoms with Crippen LogP contribution in [0.25, 0.3) is 0 Å². The van der Waals surface area contributed by atoms with Gasteiger partial charge in [0.05, 0.1) is 17.1 Å². The first-order chi connectivity index (χ1) is 20.6. The second-order valence-corrected chi connectivity index (χ2v) is 17.4. The van der Waals surface area contributed by atoms with Crippen LogP contribution < -0.4 is 5.32 Å². The number of esters is 1. The van der Waals surface area contributed by atoms with E-state index in [9.17, 15) is 9.59 Å². The van der Waals surface area contributed by atoms with E-state index in [0.717, 1.165) is 83.7 Å². The van der Waals surface area contributed by atoms with Crippen molar-refractivity contribution in [2.45, 2.75) is 143 Å². The summed E-state index contributed by atoms with van der Waals surface area (Å²) < 4.78 is 11.9. The van der Waals surface area contributed by atoms with Crippen molar-refractivity contribution in [3.05, 3.63) is 12.2 Å². The highest BCUT2D eigenvalue weighted by molar-refractivity contribution is 5.84. The Morgan fingerprint density at radius 1 is 0.886 bits per heavy atom. The average Bonchev–Trinajstić information content (AvgIpc) is 3.63. The molecule has 0 bridgehead atoms. The largest absolute Gasteiger partial charge is 0.462 e. The number of rotatable bonds is 6. The molecule has 0 radical (unpaired) electrons. The van der Waals surface area contributed by atoms with Gasteiger partial charge in [-0.1, -0.05) is 46.8 Å². The van der Waals surface area contributed by atoms with Crippen LogP contribution in [0.5, 0.6) is 0 Å². The van der Waals surface area contributed by atoms with Crippen LogP contribution in [0.1, 0.15) is 126 Å². The first kappa shape index (κ1) is 32.3. The Morgan fingerprint density at radius 2 is 1.61 bits per heavy atom. The van der Waals surface area contributed by atoms with Gasteiger partial charge in [0.1, 0.15) is 6.10 Å². The average molecular weight is 609 g/mol. The van der Waals surface area contributed by atoms with E-state index in [2.05, 4.69) is 60.2 Å². The second-order valence-electron chi connectivity index (χ2n) is 17.4. The van der Waals surface area contributed by atoms with Crippen molar-refractivity contribution in [1.82, 2.24) is 5.32 Å². The third-order valence-corrected chi connectivity index (χ3v) is 15.8. The van der Waals surface area contributed by atoms with Gasteiger partial charge in [-0.2, -0.15) is 0 Å². The Labute approximate surface area is 267 Å². The Hall–Kier alpha value is -1.69. The number of hydrogen-bond donors (Lipinski definition) is 1. The molecule has 1 saturated heterocycles. The molecule has 5 saturated carbocycles. The highest BCUT2D eigenvalue weighted by Gasteiger charge is 2.75. The van der Waals surface area contributed by atoms with Gasteiger partial charge in [0, 0.05) is 25.5 Å². The molecule has 0 aromatic rings. The number of aliphatic imine (C=N–C) groups is 1. The van der Waals surface area contributed by atoms with Gasteiger partial charge in [0.15, 0.2) is 0 Å². The SMILES string of the molecule is C=N[C@@]12CC[C@]3(C)[C@H](CC[C@@H]4[C@H]5[C@H](C(=C)C)CC[C@]5(C(=O)NCC5CCCO5)CC[C@]43C)[C@@]1(C)CC[C@H](OC(C)=O)C2(C)C. The fourth-order valence-electron chi connectivity index (χ4n) is 13.4. The van der Waals surface area contributed by atoms with Crippen molar-refractivity contribution in [3.63, 3.8) is 0 Å². The zero-order chi connectivity index (χ0) is 31.9. The maximum Gasteiger partial charge on any atom is 0.302 e. The number of allylic oxidation sites excluding steroid dienone is 1. The highest BCUT2D eigenvalue weighted by atomic mass is 16.5. The molecule has 6 aliphatic rings. The van der Waals surface area contributed by atoms with E-state index in [-0.39, 0.29) is 56.7 Å². The van der Waals surface area contributed by atoms with Gasteiger partial charge in [-0.3, -0.25) is 14.6 Å².